The van der Waals surface area contributed by atoms with E-state index in [1.54, 1.807) is 43.1 Å². The highest BCUT2D eigenvalue weighted by atomic mass is 19.4. The van der Waals surface area contributed by atoms with E-state index in [4.69, 9.17) is 28.9 Å². The summed E-state index contributed by atoms with van der Waals surface area (Å²) in [6.07, 6.45) is -6.02. The molecular formula is C30H34F3N3O6. The van der Waals surface area contributed by atoms with Crippen molar-refractivity contribution in [3.63, 3.8) is 0 Å². The van der Waals surface area contributed by atoms with Crippen LogP contribution >= 0.6 is 0 Å². The Labute approximate surface area is 242 Å². The average Bonchev–Trinajstić information content (AvgIpc) is 3.29. The molecule has 0 radical (unpaired) electrons. The van der Waals surface area contributed by atoms with E-state index in [9.17, 15) is 18.0 Å². The van der Waals surface area contributed by atoms with Gasteiger partial charge in [-0.3, -0.25) is 10.2 Å². The molecule has 2 heterocycles. The highest BCUT2D eigenvalue weighted by molar-refractivity contribution is 5.85. The molecule has 1 saturated carbocycles. The van der Waals surface area contributed by atoms with E-state index in [2.05, 4.69) is 11.5 Å². The molecule has 0 spiro atoms. The summed E-state index contributed by atoms with van der Waals surface area (Å²) < 4.78 is 70.6. The van der Waals surface area contributed by atoms with Crippen LogP contribution in [-0.2, 0) is 47.9 Å². The van der Waals surface area contributed by atoms with E-state index in [0.717, 1.165) is 17.7 Å². The molecule has 0 aromatic heterocycles. The van der Waals surface area contributed by atoms with Crippen LogP contribution in [0.5, 0.6) is 0 Å². The predicted octanol–water partition coefficient (Wildman–Crippen LogP) is 4.10. The summed E-state index contributed by atoms with van der Waals surface area (Å²) in [5, 5.41) is 10.8. The Morgan fingerprint density at radius 3 is 2.50 bits per heavy atom. The summed E-state index contributed by atoms with van der Waals surface area (Å²) in [5.41, 5.74) is 2.27. The molecule has 1 N–H and O–H groups in total. The second-order valence-corrected chi connectivity index (χ2v) is 11.2. The topological polar surface area (TPSA) is 102 Å². The molecule has 3 aliphatic rings. The second-order valence-electron chi connectivity index (χ2n) is 11.2. The highest BCUT2D eigenvalue weighted by Gasteiger charge is 2.58. The minimum absolute atomic E-state index is 0.0824. The third-order valence-electron chi connectivity index (χ3n) is 7.65. The number of hydrogen-bond acceptors (Lipinski definition) is 8. The summed E-state index contributed by atoms with van der Waals surface area (Å²) in [6.45, 7) is 5.36. The molecule has 2 aliphatic heterocycles. The van der Waals surface area contributed by atoms with Crippen LogP contribution in [0.2, 0.25) is 0 Å². The number of nitrogens with one attached hydrogen (secondary N) is 1. The van der Waals surface area contributed by atoms with Gasteiger partial charge in [0.05, 0.1) is 55.8 Å². The van der Waals surface area contributed by atoms with Crippen LogP contribution in [-0.4, -0.2) is 66.9 Å². The molecule has 1 unspecified atom stereocenters. The molecule has 42 heavy (non-hydrogen) atoms. The normalized spacial score (nSPS) is 27.7. The van der Waals surface area contributed by atoms with E-state index in [1.165, 1.54) is 12.1 Å². The van der Waals surface area contributed by atoms with Gasteiger partial charge in [0.25, 0.3) is 5.91 Å². The Balaban J connectivity index is 1.42. The maximum atomic E-state index is 14.0. The number of alkyl halides is 3. The molecule has 3 fully saturated rings. The van der Waals surface area contributed by atoms with Crippen molar-refractivity contribution in [2.45, 2.75) is 75.8 Å². The van der Waals surface area contributed by atoms with Gasteiger partial charge in [-0.2, -0.15) is 18.4 Å². The molecule has 9 nitrogen and oxygen atoms in total. The summed E-state index contributed by atoms with van der Waals surface area (Å²) in [6, 6.07) is 13.9. The van der Waals surface area contributed by atoms with Crippen molar-refractivity contribution >= 4 is 5.91 Å². The molecular weight excluding hydrogens is 555 g/mol. The zero-order chi connectivity index (χ0) is 30.0. The first-order valence-corrected chi connectivity index (χ1v) is 13.9. The van der Waals surface area contributed by atoms with Gasteiger partial charge >= 0.3 is 6.18 Å². The van der Waals surface area contributed by atoms with Gasteiger partial charge in [0.15, 0.2) is 11.4 Å². The Hall–Kier alpha value is -3.05. The number of hydrazine groups is 1. The first-order chi connectivity index (χ1) is 20.0. The Morgan fingerprint density at radius 1 is 1.07 bits per heavy atom. The van der Waals surface area contributed by atoms with Crippen molar-refractivity contribution < 1.29 is 41.7 Å². The number of morpholine rings is 1. The predicted molar refractivity (Wildman–Crippen MR) is 142 cm³/mol. The van der Waals surface area contributed by atoms with Crippen LogP contribution in [0.1, 0.15) is 48.9 Å². The van der Waals surface area contributed by atoms with Crippen LogP contribution in [0.4, 0.5) is 13.2 Å². The Kier molecular flexibility index (Phi) is 8.89. The molecule has 1 amide bonds. The molecule has 226 valence electrons. The van der Waals surface area contributed by atoms with Gasteiger partial charge in [0, 0.05) is 25.9 Å². The van der Waals surface area contributed by atoms with Crippen LogP contribution in [0.25, 0.3) is 0 Å². The lowest BCUT2D eigenvalue weighted by atomic mass is 9.78. The second kappa shape index (κ2) is 12.3. The molecule has 12 heteroatoms. The van der Waals surface area contributed by atoms with E-state index >= 15 is 0 Å². The quantitative estimate of drug-likeness (QED) is 0.492. The number of halogens is 3. The van der Waals surface area contributed by atoms with Crippen molar-refractivity contribution in [3.8, 4) is 6.07 Å². The van der Waals surface area contributed by atoms with Crippen molar-refractivity contribution in [1.29, 1.82) is 5.26 Å². The highest BCUT2D eigenvalue weighted by Crippen LogP contribution is 2.44. The molecule has 0 bridgehead atoms. The van der Waals surface area contributed by atoms with Crippen molar-refractivity contribution in [1.82, 2.24) is 10.4 Å². The average molecular weight is 590 g/mol. The van der Waals surface area contributed by atoms with Crippen molar-refractivity contribution in [3.05, 3.63) is 70.8 Å². The first-order valence-electron chi connectivity index (χ1n) is 13.9. The van der Waals surface area contributed by atoms with Gasteiger partial charge in [0.1, 0.15) is 6.10 Å². The number of fused-ring (bicyclic) bond motifs is 1. The van der Waals surface area contributed by atoms with Crippen LogP contribution < -0.4 is 5.43 Å². The number of hydrogen-bond donors (Lipinski definition) is 1. The molecule has 5 rings (SSSR count). The molecule has 1 aliphatic carbocycles. The van der Waals surface area contributed by atoms with Gasteiger partial charge in [-0.15, -0.1) is 0 Å². The fourth-order valence-corrected chi connectivity index (χ4v) is 5.57. The molecule has 2 aromatic carbocycles. The number of ether oxygens (including phenoxy) is 5. The summed E-state index contributed by atoms with van der Waals surface area (Å²) in [4.78, 5) is 14.0. The number of nitriles is 1. The molecule has 2 saturated heterocycles. The van der Waals surface area contributed by atoms with Gasteiger partial charge in [0.2, 0.25) is 0 Å². The maximum absolute atomic E-state index is 14.0. The third-order valence-corrected chi connectivity index (χ3v) is 7.65. The number of rotatable bonds is 8. The minimum Gasteiger partial charge on any atom is -0.379 e. The summed E-state index contributed by atoms with van der Waals surface area (Å²) >= 11 is 0. The Bertz CT molecular complexity index is 1290. The number of carbonyl (C=O) groups is 1. The smallest absolute Gasteiger partial charge is 0.379 e. The zero-order valence-corrected chi connectivity index (χ0v) is 23.5. The summed E-state index contributed by atoms with van der Waals surface area (Å²) in [5.74, 6) is -1.38. The largest absolute Gasteiger partial charge is 0.416 e. The van der Waals surface area contributed by atoms with E-state index in [1.807, 2.05) is 0 Å². The lowest BCUT2D eigenvalue weighted by Gasteiger charge is -2.44. The third kappa shape index (κ3) is 7.11. The number of benzene rings is 2. The zero-order valence-electron chi connectivity index (χ0n) is 23.5. The summed E-state index contributed by atoms with van der Waals surface area (Å²) in [7, 11) is 0. The first kappa shape index (κ1) is 30.4. The SMILES string of the molecule is CC1(C)O[C@@H]2C[C@@](OCc3cccc(C(F)(F)F)c3)(C(=O)NN3CCOCC3)CC(OCc3ccc(C#N)cc3)[C@@H]2O1. The molecule has 2 aromatic rings. The van der Waals surface area contributed by atoms with Crippen molar-refractivity contribution in [2.75, 3.05) is 26.3 Å². The van der Waals surface area contributed by atoms with E-state index in [-0.39, 0.29) is 31.6 Å². The number of carbonyl (C=O) groups excluding carboxylic acids is 1. The van der Waals surface area contributed by atoms with E-state index in [0.29, 0.717) is 31.9 Å². The fourth-order valence-electron chi connectivity index (χ4n) is 5.57. The van der Waals surface area contributed by atoms with Crippen LogP contribution in [0, 0.1) is 11.3 Å². The van der Waals surface area contributed by atoms with Crippen LogP contribution in [0.3, 0.4) is 0 Å². The standard InChI is InChI=1S/C30H34F3N3O6/c1-28(2)41-25-16-29(27(37)35-36-10-12-38-13-11-36,40-19-22-4-3-5-23(14-22)30(31,32)33)15-24(26(25)42-28)39-18-21-8-6-20(17-34)7-9-21/h3-9,14,24-26H,10-13,15-16,18-19H2,1-2H3,(H,35,37)/t24?,25-,26+,29-/m1/s1. The fraction of sp³-hybridized carbons (Fsp3) is 0.533. The van der Waals surface area contributed by atoms with Gasteiger partial charge in [-0.1, -0.05) is 24.3 Å². The van der Waals surface area contributed by atoms with Crippen molar-refractivity contribution in [2.24, 2.45) is 0 Å². The molecule has 4 atom stereocenters. The Morgan fingerprint density at radius 2 is 1.81 bits per heavy atom. The van der Waals surface area contributed by atoms with E-state index < -0.39 is 47.3 Å². The number of nitrogens with zero attached hydrogens (tertiary/aromatic N) is 2. The van der Waals surface area contributed by atoms with Crippen LogP contribution in [0.15, 0.2) is 48.5 Å². The van der Waals surface area contributed by atoms with Gasteiger partial charge in [-0.05, 0) is 49.2 Å². The van der Waals surface area contributed by atoms with Gasteiger partial charge < -0.3 is 23.7 Å². The monoisotopic (exact) mass is 589 g/mol. The maximum Gasteiger partial charge on any atom is 0.416 e. The number of amides is 1. The minimum atomic E-state index is -4.51. The lowest BCUT2D eigenvalue weighted by Crippen LogP contribution is -2.63. The van der Waals surface area contributed by atoms with Gasteiger partial charge in [-0.25, -0.2) is 5.01 Å². The lowest BCUT2D eigenvalue weighted by molar-refractivity contribution is -0.187.